The quantitative estimate of drug-likeness (QED) is 0.460. The third-order valence-corrected chi connectivity index (χ3v) is 2.94. The fourth-order valence-electron chi connectivity index (χ4n) is 0.825. The second-order valence-corrected chi connectivity index (χ2v) is 5.22. The molecule has 7 heteroatoms. The summed E-state index contributed by atoms with van der Waals surface area (Å²) in [7, 11) is 1.13. The van der Waals surface area contributed by atoms with E-state index in [1.165, 1.54) is 18.2 Å². The lowest BCUT2D eigenvalue weighted by Gasteiger charge is -1.99. The zero-order valence-corrected chi connectivity index (χ0v) is 8.90. The van der Waals surface area contributed by atoms with Crippen LogP contribution in [0.5, 0.6) is 0 Å². The molecule has 0 aliphatic carbocycles. The Balaban J connectivity index is 3.53. The van der Waals surface area contributed by atoms with Gasteiger partial charge in [0.05, 0.1) is 5.69 Å². The minimum Gasteiger partial charge on any atom is -0.211 e. The van der Waals surface area contributed by atoms with Gasteiger partial charge in [0.15, 0.2) is 0 Å². The van der Waals surface area contributed by atoms with Gasteiger partial charge < -0.3 is 0 Å². The van der Waals surface area contributed by atoms with E-state index >= 15 is 0 Å². The predicted octanol–water partition coefficient (Wildman–Crippen LogP) is 2.23. The van der Waals surface area contributed by atoms with Crippen molar-refractivity contribution in [2.45, 2.75) is 4.90 Å². The second-order valence-electron chi connectivity index (χ2n) is 2.25. The molecule has 14 heavy (non-hydrogen) atoms. The fraction of sp³-hybridized carbons (Fsp3) is 0. The summed E-state index contributed by atoms with van der Waals surface area (Å²) in [4.78, 5) is 12.9. The van der Waals surface area contributed by atoms with Gasteiger partial charge in [-0.15, -0.1) is 0 Å². The zero-order valence-electron chi connectivity index (χ0n) is 6.57. The third kappa shape index (κ3) is 2.56. The zero-order chi connectivity index (χ0) is 10.8. The van der Waals surface area contributed by atoms with Gasteiger partial charge in [0.1, 0.15) is 4.90 Å². The predicted molar refractivity (Wildman–Crippen MR) is 52.3 cm³/mol. The maximum Gasteiger partial charge on any atom is 0.263 e. The van der Waals surface area contributed by atoms with Crippen LogP contribution in [0.4, 0.5) is 5.69 Å². The van der Waals surface area contributed by atoms with Crippen molar-refractivity contribution in [3.8, 4) is 0 Å². The summed E-state index contributed by atoms with van der Waals surface area (Å²) in [6.07, 6.45) is 1.22. The first kappa shape index (κ1) is 11.2. The standard InChI is InChI=1S/C7H3Cl2NO3S/c8-5-1-2-6(10-4-11)7(3-5)14(9,12)13/h1-3H. The van der Waals surface area contributed by atoms with Crippen molar-refractivity contribution in [3.63, 3.8) is 0 Å². The molecule has 0 N–H and O–H groups in total. The van der Waals surface area contributed by atoms with Crippen LogP contribution in [0.3, 0.4) is 0 Å². The lowest BCUT2D eigenvalue weighted by molar-refractivity contribution is 0.565. The first-order valence-electron chi connectivity index (χ1n) is 3.27. The van der Waals surface area contributed by atoms with Crippen molar-refractivity contribution in [2.24, 2.45) is 4.99 Å². The lowest BCUT2D eigenvalue weighted by atomic mass is 10.3. The summed E-state index contributed by atoms with van der Waals surface area (Å²) in [5.41, 5.74) is -0.0839. The van der Waals surface area contributed by atoms with Gasteiger partial charge in [-0.05, 0) is 18.2 Å². The van der Waals surface area contributed by atoms with Crippen LogP contribution in [-0.2, 0) is 13.8 Å². The SMILES string of the molecule is O=C=Nc1ccc(Cl)cc1S(=O)(=O)Cl. The van der Waals surface area contributed by atoms with Crippen molar-refractivity contribution < 1.29 is 13.2 Å². The topological polar surface area (TPSA) is 63.6 Å². The first-order valence-corrected chi connectivity index (χ1v) is 5.96. The average molecular weight is 252 g/mol. The Morgan fingerprint density at radius 2 is 2.00 bits per heavy atom. The normalized spacial score (nSPS) is 10.7. The highest BCUT2D eigenvalue weighted by Crippen LogP contribution is 2.29. The van der Waals surface area contributed by atoms with Gasteiger partial charge in [0.25, 0.3) is 9.05 Å². The Bertz CT molecular complexity index is 506. The molecule has 0 aliphatic heterocycles. The summed E-state index contributed by atoms with van der Waals surface area (Å²) >= 11 is 5.56. The number of hydrogen-bond donors (Lipinski definition) is 0. The third-order valence-electron chi connectivity index (χ3n) is 1.35. The number of benzene rings is 1. The molecule has 1 aromatic rings. The highest BCUT2D eigenvalue weighted by molar-refractivity contribution is 8.13. The van der Waals surface area contributed by atoms with Crippen molar-refractivity contribution in [3.05, 3.63) is 23.2 Å². The van der Waals surface area contributed by atoms with Crippen LogP contribution in [0.1, 0.15) is 0 Å². The summed E-state index contributed by atoms with van der Waals surface area (Å²) in [5.74, 6) is 0. The molecule has 1 rings (SSSR count). The van der Waals surface area contributed by atoms with E-state index < -0.39 is 9.05 Å². The molecule has 0 radical (unpaired) electrons. The van der Waals surface area contributed by atoms with Crippen LogP contribution in [0.15, 0.2) is 28.1 Å². The Labute approximate surface area is 89.6 Å². The molecule has 74 valence electrons. The molecule has 1 aromatic carbocycles. The molecule has 0 heterocycles. The molecule has 0 atom stereocenters. The van der Waals surface area contributed by atoms with Gasteiger partial charge in [0.2, 0.25) is 6.08 Å². The number of aliphatic imine (C=N–C) groups is 1. The van der Waals surface area contributed by atoms with E-state index in [1.807, 2.05) is 0 Å². The molecule has 0 bridgehead atoms. The van der Waals surface area contributed by atoms with E-state index in [0.29, 0.717) is 0 Å². The van der Waals surface area contributed by atoms with Crippen LogP contribution in [0.25, 0.3) is 0 Å². The Morgan fingerprint density at radius 1 is 1.36 bits per heavy atom. The van der Waals surface area contributed by atoms with Crippen molar-refractivity contribution in [1.29, 1.82) is 0 Å². The van der Waals surface area contributed by atoms with Crippen LogP contribution in [0.2, 0.25) is 5.02 Å². The maximum absolute atomic E-state index is 11.0. The van der Waals surface area contributed by atoms with Gasteiger partial charge in [-0.25, -0.2) is 13.2 Å². The van der Waals surface area contributed by atoms with Gasteiger partial charge >= 0.3 is 0 Å². The minimum atomic E-state index is -3.96. The minimum absolute atomic E-state index is 0.0839. The van der Waals surface area contributed by atoms with E-state index in [2.05, 4.69) is 4.99 Å². The maximum atomic E-state index is 11.0. The summed E-state index contributed by atoms with van der Waals surface area (Å²) in [6.45, 7) is 0. The highest BCUT2D eigenvalue weighted by atomic mass is 35.7. The van der Waals surface area contributed by atoms with E-state index in [4.69, 9.17) is 22.3 Å². The monoisotopic (exact) mass is 251 g/mol. The van der Waals surface area contributed by atoms with E-state index in [0.717, 1.165) is 6.07 Å². The summed E-state index contributed by atoms with van der Waals surface area (Å²) in [5, 5.41) is 0.189. The van der Waals surface area contributed by atoms with Crippen LogP contribution < -0.4 is 0 Å². The number of rotatable bonds is 2. The van der Waals surface area contributed by atoms with Crippen LogP contribution >= 0.6 is 22.3 Å². The van der Waals surface area contributed by atoms with Crippen LogP contribution in [0, 0.1) is 0 Å². The number of nitrogens with zero attached hydrogens (tertiary/aromatic N) is 1. The molecule has 0 saturated heterocycles. The van der Waals surface area contributed by atoms with E-state index in [9.17, 15) is 13.2 Å². The molecule has 0 aromatic heterocycles. The summed E-state index contributed by atoms with van der Waals surface area (Å²) < 4.78 is 22.0. The Hall–Kier alpha value is -0.870. The van der Waals surface area contributed by atoms with E-state index in [1.54, 1.807) is 0 Å². The Kier molecular flexibility index (Phi) is 3.29. The Morgan fingerprint density at radius 3 is 2.50 bits per heavy atom. The van der Waals surface area contributed by atoms with Crippen LogP contribution in [-0.4, -0.2) is 14.5 Å². The molecular weight excluding hydrogens is 249 g/mol. The molecular formula is C7H3Cl2NO3S. The molecule has 0 fully saturated rings. The first-order chi connectivity index (χ1) is 6.45. The molecule has 0 spiro atoms. The van der Waals surface area contributed by atoms with Crippen molar-refractivity contribution >= 4 is 43.1 Å². The second kappa shape index (κ2) is 4.11. The molecule has 0 amide bonds. The molecule has 0 saturated carbocycles. The number of hydrogen-bond acceptors (Lipinski definition) is 4. The van der Waals surface area contributed by atoms with Crippen molar-refractivity contribution in [2.75, 3.05) is 0 Å². The number of isocyanates is 1. The van der Waals surface area contributed by atoms with Gasteiger partial charge in [-0.3, -0.25) is 0 Å². The average Bonchev–Trinajstić information content (AvgIpc) is 2.07. The van der Waals surface area contributed by atoms with Gasteiger partial charge in [0, 0.05) is 15.7 Å². The molecule has 4 nitrogen and oxygen atoms in total. The van der Waals surface area contributed by atoms with Crippen molar-refractivity contribution in [1.82, 2.24) is 0 Å². The molecule has 0 aliphatic rings. The molecule has 0 unspecified atom stereocenters. The number of halogens is 2. The smallest absolute Gasteiger partial charge is 0.211 e. The van der Waals surface area contributed by atoms with E-state index in [-0.39, 0.29) is 15.6 Å². The fourth-order valence-corrected chi connectivity index (χ4v) is 2.06. The lowest BCUT2D eigenvalue weighted by Crippen LogP contribution is -1.90. The summed E-state index contributed by atoms with van der Waals surface area (Å²) in [6, 6.07) is 3.77. The number of carbonyl (C=O) groups excluding carboxylic acids is 1. The van der Waals surface area contributed by atoms with Gasteiger partial charge in [-0.1, -0.05) is 11.6 Å². The highest BCUT2D eigenvalue weighted by Gasteiger charge is 2.15. The largest absolute Gasteiger partial charge is 0.263 e. The van der Waals surface area contributed by atoms with Gasteiger partial charge in [-0.2, -0.15) is 4.99 Å².